The molecule has 1 aromatic heterocycles. The van der Waals surface area contributed by atoms with Gasteiger partial charge in [0, 0.05) is 5.56 Å². The Morgan fingerprint density at radius 1 is 0.955 bits per heavy atom. The molecule has 3 rings (SSSR count). The van der Waals surface area contributed by atoms with E-state index in [4.69, 9.17) is 0 Å². The highest BCUT2D eigenvalue weighted by molar-refractivity contribution is 5.98. The van der Waals surface area contributed by atoms with Crippen LogP contribution in [0.5, 0.6) is 0 Å². The number of hydrogen-bond acceptors (Lipinski definition) is 4. The van der Waals surface area contributed by atoms with Crippen molar-refractivity contribution in [1.82, 2.24) is 26.3 Å². The first-order chi connectivity index (χ1) is 10.7. The predicted molar refractivity (Wildman–Crippen MR) is 79.6 cm³/mol. The van der Waals surface area contributed by atoms with Gasteiger partial charge in [0.25, 0.3) is 5.91 Å². The van der Waals surface area contributed by atoms with Crippen LogP contribution in [0.3, 0.4) is 0 Å². The van der Waals surface area contributed by atoms with E-state index in [-0.39, 0.29) is 12.3 Å². The molecule has 0 atom stereocenters. The Balaban J connectivity index is 1.58. The number of fused-ring (bicyclic) bond motifs is 1. The van der Waals surface area contributed by atoms with Crippen molar-refractivity contribution in [1.29, 1.82) is 0 Å². The molecule has 0 aliphatic heterocycles. The minimum Gasteiger partial charge on any atom is -0.273 e. The van der Waals surface area contributed by atoms with E-state index in [1.807, 2.05) is 30.3 Å². The van der Waals surface area contributed by atoms with Crippen molar-refractivity contribution in [2.24, 2.45) is 0 Å². The average Bonchev–Trinajstić information content (AvgIpc) is 3.01. The summed E-state index contributed by atoms with van der Waals surface area (Å²) in [5.74, 6) is -0.701. The van der Waals surface area contributed by atoms with Crippen LogP contribution in [0.15, 0.2) is 48.5 Å². The van der Waals surface area contributed by atoms with Crippen LogP contribution in [0.25, 0.3) is 11.0 Å². The second-order valence-corrected chi connectivity index (χ2v) is 4.69. The van der Waals surface area contributed by atoms with E-state index in [1.165, 1.54) is 0 Å². The number of amides is 2. The van der Waals surface area contributed by atoms with Gasteiger partial charge in [0.15, 0.2) is 0 Å². The van der Waals surface area contributed by atoms with Gasteiger partial charge >= 0.3 is 0 Å². The van der Waals surface area contributed by atoms with Gasteiger partial charge in [0.1, 0.15) is 11.0 Å². The molecule has 22 heavy (non-hydrogen) atoms. The predicted octanol–water partition coefficient (Wildman–Crippen LogP) is 0.962. The molecule has 2 aromatic carbocycles. The number of hydrazine groups is 1. The first kappa shape index (κ1) is 13.7. The van der Waals surface area contributed by atoms with Gasteiger partial charge in [-0.05, 0) is 23.8 Å². The first-order valence-electron chi connectivity index (χ1n) is 6.66. The van der Waals surface area contributed by atoms with Gasteiger partial charge in [0.05, 0.1) is 6.42 Å². The SMILES string of the molecule is O=C(Cc1ccccc1)NNC(=O)c1ccc2n[nH]nc2c1. The van der Waals surface area contributed by atoms with Crippen LogP contribution in [0.1, 0.15) is 15.9 Å². The van der Waals surface area contributed by atoms with E-state index >= 15 is 0 Å². The van der Waals surface area contributed by atoms with Gasteiger partial charge in [-0.2, -0.15) is 15.4 Å². The minimum atomic E-state index is -0.411. The Labute approximate surface area is 125 Å². The lowest BCUT2D eigenvalue weighted by atomic mass is 10.1. The van der Waals surface area contributed by atoms with E-state index in [1.54, 1.807) is 18.2 Å². The molecule has 2 amide bonds. The highest BCUT2D eigenvalue weighted by Crippen LogP contribution is 2.10. The van der Waals surface area contributed by atoms with Crippen LogP contribution in [0.2, 0.25) is 0 Å². The number of nitrogens with one attached hydrogen (secondary N) is 3. The number of aromatic amines is 1. The molecule has 0 aliphatic rings. The molecule has 0 aliphatic carbocycles. The maximum Gasteiger partial charge on any atom is 0.269 e. The summed E-state index contributed by atoms with van der Waals surface area (Å²) < 4.78 is 0. The minimum absolute atomic E-state index is 0.198. The molecule has 1 heterocycles. The molecule has 0 radical (unpaired) electrons. The zero-order chi connectivity index (χ0) is 15.4. The molecule has 0 unspecified atom stereocenters. The lowest BCUT2D eigenvalue weighted by Gasteiger charge is -2.07. The zero-order valence-electron chi connectivity index (χ0n) is 11.5. The fourth-order valence-electron chi connectivity index (χ4n) is 2.01. The number of rotatable bonds is 3. The van der Waals surface area contributed by atoms with Gasteiger partial charge in [-0.15, -0.1) is 0 Å². The molecular weight excluding hydrogens is 282 g/mol. The van der Waals surface area contributed by atoms with Crippen molar-refractivity contribution in [2.45, 2.75) is 6.42 Å². The Kier molecular flexibility index (Phi) is 3.78. The third-order valence-electron chi connectivity index (χ3n) is 3.10. The Morgan fingerprint density at radius 2 is 1.73 bits per heavy atom. The molecule has 0 saturated heterocycles. The highest BCUT2D eigenvalue weighted by atomic mass is 16.2. The molecule has 3 N–H and O–H groups in total. The lowest BCUT2D eigenvalue weighted by Crippen LogP contribution is -2.42. The maximum atomic E-state index is 12.0. The summed E-state index contributed by atoms with van der Waals surface area (Å²) in [4.78, 5) is 23.7. The number of carbonyl (C=O) groups is 2. The van der Waals surface area contributed by atoms with E-state index in [0.717, 1.165) is 5.56 Å². The number of aromatic nitrogens is 3. The molecule has 0 spiro atoms. The molecule has 0 bridgehead atoms. The topological polar surface area (TPSA) is 99.8 Å². The third kappa shape index (κ3) is 3.09. The quantitative estimate of drug-likeness (QED) is 0.627. The molecule has 3 aromatic rings. The zero-order valence-corrected chi connectivity index (χ0v) is 11.5. The molecule has 0 fully saturated rings. The number of nitrogens with zero attached hydrogens (tertiary/aromatic N) is 2. The van der Waals surface area contributed by atoms with Crippen molar-refractivity contribution in [2.75, 3.05) is 0 Å². The first-order valence-corrected chi connectivity index (χ1v) is 6.66. The highest BCUT2D eigenvalue weighted by Gasteiger charge is 2.09. The Hall–Kier alpha value is -3.22. The number of H-pyrrole nitrogens is 1. The normalized spacial score (nSPS) is 10.4. The summed E-state index contributed by atoms with van der Waals surface area (Å²) >= 11 is 0. The molecule has 110 valence electrons. The maximum absolute atomic E-state index is 12.0. The van der Waals surface area contributed by atoms with Gasteiger partial charge in [-0.3, -0.25) is 20.4 Å². The Morgan fingerprint density at radius 3 is 2.55 bits per heavy atom. The van der Waals surface area contributed by atoms with Crippen molar-refractivity contribution >= 4 is 22.8 Å². The van der Waals surface area contributed by atoms with E-state index in [9.17, 15) is 9.59 Å². The third-order valence-corrected chi connectivity index (χ3v) is 3.10. The summed E-state index contributed by atoms with van der Waals surface area (Å²) in [6.07, 6.45) is 0.198. The average molecular weight is 295 g/mol. The molecule has 7 heteroatoms. The molecule has 7 nitrogen and oxygen atoms in total. The molecular formula is C15H13N5O2. The van der Waals surface area contributed by atoms with Crippen LogP contribution < -0.4 is 10.9 Å². The van der Waals surface area contributed by atoms with Crippen LogP contribution in [0.4, 0.5) is 0 Å². The smallest absolute Gasteiger partial charge is 0.269 e. The standard InChI is InChI=1S/C15H13N5O2/c21-14(8-10-4-2-1-3-5-10)18-19-15(22)11-6-7-12-13(9-11)17-20-16-12/h1-7,9H,8H2,(H,18,21)(H,19,22)(H,16,17,20). The van der Waals surface area contributed by atoms with Gasteiger partial charge in [-0.1, -0.05) is 30.3 Å². The van der Waals surface area contributed by atoms with E-state index in [0.29, 0.717) is 16.6 Å². The molecule has 0 saturated carbocycles. The van der Waals surface area contributed by atoms with Gasteiger partial charge in [-0.25, -0.2) is 0 Å². The van der Waals surface area contributed by atoms with Crippen molar-refractivity contribution < 1.29 is 9.59 Å². The summed E-state index contributed by atoms with van der Waals surface area (Å²) in [5, 5.41) is 10.3. The summed E-state index contributed by atoms with van der Waals surface area (Å²) in [6, 6.07) is 14.2. The van der Waals surface area contributed by atoms with Gasteiger partial charge in [0.2, 0.25) is 5.91 Å². The largest absolute Gasteiger partial charge is 0.273 e. The van der Waals surface area contributed by atoms with E-state index < -0.39 is 5.91 Å². The monoisotopic (exact) mass is 295 g/mol. The van der Waals surface area contributed by atoms with Crippen LogP contribution in [0, 0.1) is 0 Å². The van der Waals surface area contributed by atoms with E-state index in [2.05, 4.69) is 26.3 Å². The van der Waals surface area contributed by atoms with Gasteiger partial charge < -0.3 is 0 Å². The number of carbonyl (C=O) groups excluding carboxylic acids is 2. The van der Waals surface area contributed by atoms with Crippen molar-refractivity contribution in [3.05, 3.63) is 59.7 Å². The number of hydrogen-bond donors (Lipinski definition) is 3. The van der Waals surface area contributed by atoms with Crippen LogP contribution >= 0.6 is 0 Å². The van der Waals surface area contributed by atoms with Crippen molar-refractivity contribution in [3.8, 4) is 0 Å². The second kappa shape index (κ2) is 6.04. The second-order valence-electron chi connectivity index (χ2n) is 4.69. The van der Waals surface area contributed by atoms with Crippen LogP contribution in [-0.2, 0) is 11.2 Å². The fourth-order valence-corrected chi connectivity index (χ4v) is 2.01. The van der Waals surface area contributed by atoms with Crippen molar-refractivity contribution in [3.63, 3.8) is 0 Å². The number of benzene rings is 2. The lowest BCUT2D eigenvalue weighted by molar-refractivity contribution is -0.121. The Bertz CT molecular complexity index is 813. The summed E-state index contributed by atoms with van der Waals surface area (Å²) in [6.45, 7) is 0. The van der Waals surface area contributed by atoms with Crippen LogP contribution in [-0.4, -0.2) is 27.2 Å². The summed E-state index contributed by atoms with van der Waals surface area (Å²) in [5.41, 5.74) is 7.29. The summed E-state index contributed by atoms with van der Waals surface area (Å²) in [7, 11) is 0. The fraction of sp³-hybridized carbons (Fsp3) is 0.0667.